The third-order valence-corrected chi connectivity index (χ3v) is 3.58. The van der Waals surface area contributed by atoms with Gasteiger partial charge in [0.2, 0.25) is 0 Å². The number of nitrogens with zero attached hydrogens (tertiary/aromatic N) is 2. The van der Waals surface area contributed by atoms with Crippen molar-refractivity contribution in [1.82, 2.24) is 4.98 Å². The van der Waals surface area contributed by atoms with Gasteiger partial charge in [-0.3, -0.25) is 10.1 Å². The van der Waals surface area contributed by atoms with Crippen LogP contribution in [0.3, 0.4) is 0 Å². The Kier molecular flexibility index (Phi) is 4.81. The summed E-state index contributed by atoms with van der Waals surface area (Å²) >= 11 is 5.73. The quantitative estimate of drug-likeness (QED) is 0.341. The van der Waals surface area contributed by atoms with E-state index in [1.807, 2.05) is 0 Å². The van der Waals surface area contributed by atoms with Gasteiger partial charge in [0.1, 0.15) is 28.2 Å². The van der Waals surface area contributed by atoms with Gasteiger partial charge in [-0.2, -0.15) is 0 Å². The van der Waals surface area contributed by atoms with Crippen LogP contribution in [-0.2, 0) is 0 Å². The van der Waals surface area contributed by atoms with E-state index in [9.17, 15) is 10.1 Å². The maximum absolute atomic E-state index is 10.8. The monoisotopic (exact) mass is 356 g/mol. The van der Waals surface area contributed by atoms with E-state index >= 15 is 0 Å². The van der Waals surface area contributed by atoms with Gasteiger partial charge >= 0.3 is 0 Å². The molecule has 0 aliphatic carbocycles. The summed E-state index contributed by atoms with van der Waals surface area (Å²) in [6.45, 7) is 1.76. The molecule has 3 rings (SSSR count). The number of pyridine rings is 1. The molecule has 3 aromatic rings. The molecule has 2 aromatic carbocycles. The molecule has 0 aliphatic rings. The van der Waals surface area contributed by atoms with E-state index in [1.54, 1.807) is 49.4 Å². The van der Waals surface area contributed by atoms with Crippen LogP contribution in [0, 0.1) is 17.0 Å². The standard InChI is InChI=1S/C18H13ClN2O4/c1-12-10-13(21(22)23)2-8-17(12)25-15-5-3-14(4-6-15)24-16-7-9-18(19)20-11-16/h2-11H,1H3. The lowest BCUT2D eigenvalue weighted by Crippen LogP contribution is -1.92. The summed E-state index contributed by atoms with van der Waals surface area (Å²) in [5.74, 6) is 2.35. The molecule has 0 aliphatic heterocycles. The van der Waals surface area contributed by atoms with Gasteiger partial charge in [0.15, 0.2) is 0 Å². The van der Waals surface area contributed by atoms with Gasteiger partial charge in [-0.05, 0) is 55.0 Å². The topological polar surface area (TPSA) is 74.5 Å². The van der Waals surface area contributed by atoms with Gasteiger partial charge in [-0.1, -0.05) is 11.6 Å². The summed E-state index contributed by atoms with van der Waals surface area (Å²) in [5.41, 5.74) is 0.715. The van der Waals surface area contributed by atoms with Gasteiger partial charge < -0.3 is 9.47 Å². The zero-order chi connectivity index (χ0) is 17.8. The Balaban J connectivity index is 1.70. The van der Waals surface area contributed by atoms with Crippen LogP contribution < -0.4 is 9.47 Å². The van der Waals surface area contributed by atoms with Gasteiger partial charge in [0.05, 0.1) is 11.1 Å². The van der Waals surface area contributed by atoms with Crippen molar-refractivity contribution in [2.24, 2.45) is 0 Å². The first-order valence-electron chi connectivity index (χ1n) is 7.33. The number of hydrogen-bond donors (Lipinski definition) is 0. The highest BCUT2D eigenvalue weighted by molar-refractivity contribution is 6.29. The molecule has 0 saturated carbocycles. The van der Waals surface area contributed by atoms with Crippen molar-refractivity contribution in [3.63, 3.8) is 0 Å². The highest BCUT2D eigenvalue weighted by Gasteiger charge is 2.09. The summed E-state index contributed by atoms with van der Waals surface area (Å²) in [4.78, 5) is 14.3. The molecule has 0 saturated heterocycles. The fourth-order valence-electron chi connectivity index (χ4n) is 2.12. The first kappa shape index (κ1) is 16.7. The molecule has 0 amide bonds. The number of nitro benzene ring substituents is 1. The number of aromatic nitrogens is 1. The lowest BCUT2D eigenvalue weighted by molar-refractivity contribution is -0.384. The molecule has 6 nitrogen and oxygen atoms in total. The average Bonchev–Trinajstić information content (AvgIpc) is 2.60. The maximum atomic E-state index is 10.8. The van der Waals surface area contributed by atoms with E-state index < -0.39 is 4.92 Å². The third-order valence-electron chi connectivity index (χ3n) is 3.36. The Morgan fingerprint density at radius 3 is 2.16 bits per heavy atom. The molecule has 0 unspecified atom stereocenters. The molecule has 1 aromatic heterocycles. The number of aryl methyl sites for hydroxylation is 1. The van der Waals surface area contributed by atoms with Crippen LogP contribution in [0.2, 0.25) is 5.15 Å². The normalized spacial score (nSPS) is 10.3. The zero-order valence-corrected chi connectivity index (χ0v) is 13.9. The summed E-state index contributed by atoms with van der Waals surface area (Å²) in [7, 11) is 0. The minimum absolute atomic E-state index is 0.0326. The van der Waals surface area contributed by atoms with Crippen LogP contribution in [0.25, 0.3) is 0 Å². The van der Waals surface area contributed by atoms with Crippen molar-refractivity contribution in [3.05, 3.63) is 81.6 Å². The lowest BCUT2D eigenvalue weighted by atomic mass is 10.2. The Hall–Kier alpha value is -3.12. The molecule has 0 bridgehead atoms. The van der Waals surface area contributed by atoms with Crippen LogP contribution in [0.1, 0.15) is 5.56 Å². The van der Waals surface area contributed by atoms with Crippen molar-refractivity contribution in [2.45, 2.75) is 6.92 Å². The second-order valence-corrected chi connectivity index (χ2v) is 5.59. The molecule has 25 heavy (non-hydrogen) atoms. The summed E-state index contributed by atoms with van der Waals surface area (Å²) in [6, 6.07) is 14.8. The SMILES string of the molecule is Cc1cc([N+](=O)[O-])ccc1Oc1ccc(Oc2ccc(Cl)nc2)cc1. The molecule has 0 radical (unpaired) electrons. The first-order chi connectivity index (χ1) is 12.0. The van der Waals surface area contributed by atoms with Gasteiger partial charge in [-0.25, -0.2) is 4.98 Å². The molecule has 0 atom stereocenters. The Bertz CT molecular complexity index is 896. The van der Waals surface area contributed by atoms with Crippen molar-refractivity contribution >= 4 is 17.3 Å². The summed E-state index contributed by atoms with van der Waals surface area (Å²) < 4.78 is 11.4. The van der Waals surface area contributed by atoms with Crippen molar-refractivity contribution in [3.8, 4) is 23.0 Å². The largest absolute Gasteiger partial charge is 0.457 e. The van der Waals surface area contributed by atoms with E-state index in [4.69, 9.17) is 21.1 Å². The lowest BCUT2D eigenvalue weighted by Gasteiger charge is -2.10. The maximum Gasteiger partial charge on any atom is 0.269 e. The molecule has 7 heteroatoms. The van der Waals surface area contributed by atoms with Crippen molar-refractivity contribution < 1.29 is 14.4 Å². The fraction of sp³-hybridized carbons (Fsp3) is 0.0556. The van der Waals surface area contributed by atoms with E-state index in [2.05, 4.69) is 4.98 Å². The van der Waals surface area contributed by atoms with Gasteiger partial charge in [0, 0.05) is 12.1 Å². The number of nitro groups is 1. The molecule has 0 N–H and O–H groups in total. The fourth-order valence-corrected chi connectivity index (χ4v) is 2.23. The molecular weight excluding hydrogens is 344 g/mol. The molecule has 0 spiro atoms. The Morgan fingerprint density at radius 2 is 1.60 bits per heavy atom. The number of non-ortho nitro benzene ring substituents is 1. The van der Waals surface area contributed by atoms with Crippen LogP contribution in [0.15, 0.2) is 60.8 Å². The minimum atomic E-state index is -0.436. The van der Waals surface area contributed by atoms with E-state index in [-0.39, 0.29) is 5.69 Å². The number of ether oxygens (including phenoxy) is 2. The molecule has 0 fully saturated rings. The average molecular weight is 357 g/mol. The van der Waals surface area contributed by atoms with Gasteiger partial charge in [-0.15, -0.1) is 0 Å². The third kappa shape index (κ3) is 4.24. The Morgan fingerprint density at radius 1 is 0.960 bits per heavy atom. The number of benzene rings is 2. The van der Waals surface area contributed by atoms with Crippen LogP contribution in [0.5, 0.6) is 23.0 Å². The highest BCUT2D eigenvalue weighted by Crippen LogP contribution is 2.30. The summed E-state index contributed by atoms with van der Waals surface area (Å²) in [6.07, 6.45) is 1.53. The first-order valence-corrected chi connectivity index (χ1v) is 7.71. The predicted molar refractivity (Wildman–Crippen MR) is 93.7 cm³/mol. The zero-order valence-electron chi connectivity index (χ0n) is 13.2. The molecular formula is C18H13ClN2O4. The predicted octanol–water partition coefficient (Wildman–Crippen LogP) is 5.54. The van der Waals surface area contributed by atoms with E-state index in [0.717, 1.165) is 0 Å². The van der Waals surface area contributed by atoms with Crippen LogP contribution in [-0.4, -0.2) is 9.91 Å². The summed E-state index contributed by atoms with van der Waals surface area (Å²) in [5, 5.41) is 11.2. The second kappa shape index (κ2) is 7.19. The van der Waals surface area contributed by atoms with E-state index in [0.29, 0.717) is 33.7 Å². The minimum Gasteiger partial charge on any atom is -0.457 e. The number of halogens is 1. The van der Waals surface area contributed by atoms with Gasteiger partial charge in [0.25, 0.3) is 5.69 Å². The van der Waals surface area contributed by atoms with Crippen LogP contribution >= 0.6 is 11.6 Å². The van der Waals surface area contributed by atoms with Crippen LogP contribution in [0.4, 0.5) is 5.69 Å². The molecule has 1 heterocycles. The highest BCUT2D eigenvalue weighted by atomic mass is 35.5. The number of hydrogen-bond acceptors (Lipinski definition) is 5. The molecule has 126 valence electrons. The van der Waals surface area contributed by atoms with Crippen molar-refractivity contribution in [1.29, 1.82) is 0 Å². The van der Waals surface area contributed by atoms with E-state index in [1.165, 1.54) is 18.3 Å². The second-order valence-electron chi connectivity index (χ2n) is 5.20. The number of rotatable bonds is 5. The Labute approximate surface area is 148 Å². The van der Waals surface area contributed by atoms with Crippen molar-refractivity contribution in [2.75, 3.05) is 0 Å². The smallest absolute Gasteiger partial charge is 0.269 e.